The molecule has 0 spiro atoms. The first-order valence-corrected chi connectivity index (χ1v) is 0.851. The molecule has 0 fully saturated rings. The van der Waals surface area contributed by atoms with Gasteiger partial charge in [-0.2, -0.15) is 0 Å². The van der Waals surface area contributed by atoms with Crippen LogP contribution in [0.2, 0.25) is 0 Å². The average Bonchev–Trinajstić information content (AvgIpc) is 1.41. The van der Waals surface area contributed by atoms with Crippen LogP contribution in [0.3, 0.4) is 0 Å². The van der Waals surface area contributed by atoms with E-state index in [1.54, 1.807) is 0 Å². The van der Waals surface area contributed by atoms with Crippen molar-refractivity contribution in [1.29, 1.82) is 0 Å². The Morgan fingerprint density at radius 3 is 1.14 bits per heavy atom. The normalized spacial score (nSPS) is 4.29. The summed E-state index contributed by atoms with van der Waals surface area (Å²) in [6, 6.07) is 0. The van der Waals surface area contributed by atoms with Gasteiger partial charge in [0.2, 0.25) is 0 Å². The zero-order valence-electron chi connectivity index (χ0n) is 2.70. The summed E-state index contributed by atoms with van der Waals surface area (Å²) < 4.78 is 0. The zero-order valence-corrected chi connectivity index (χ0v) is 2.70. The van der Waals surface area contributed by atoms with Gasteiger partial charge in [-0.25, -0.2) is 4.79 Å². The van der Waals surface area contributed by atoms with E-state index in [1.165, 1.54) is 0 Å². The summed E-state index contributed by atoms with van der Waals surface area (Å²) in [5.74, 6) is 0. The van der Waals surface area contributed by atoms with Crippen LogP contribution in [0.25, 0.3) is 0 Å². The molecule has 0 aromatic heterocycles. The van der Waals surface area contributed by atoms with Crippen LogP contribution in [0.15, 0.2) is 0 Å². The van der Waals surface area contributed by atoms with E-state index in [0.717, 1.165) is 0 Å². The molecule has 0 unspecified atom stereocenters. The summed E-state index contributed by atoms with van der Waals surface area (Å²) in [4.78, 5) is 8.56. The van der Waals surface area contributed by atoms with Gasteiger partial charge < -0.3 is 10.2 Å². The molecule has 0 saturated heterocycles. The van der Waals surface area contributed by atoms with Crippen LogP contribution in [0.4, 0.5) is 4.79 Å². The Bertz CT molecular complexity index is 31.1. The molecule has 0 aromatic carbocycles. The molecule has 0 radical (unpaired) electrons. The van der Waals surface area contributed by atoms with Crippen molar-refractivity contribution in [2.24, 2.45) is 0 Å². The Morgan fingerprint density at radius 2 is 1.14 bits per heavy atom. The molecule has 0 amide bonds. The summed E-state index contributed by atoms with van der Waals surface area (Å²) in [5.41, 5.74) is 0. The maximum atomic E-state index is 8.56. The molecule has 0 heterocycles. The van der Waals surface area contributed by atoms with Crippen molar-refractivity contribution in [3.8, 4) is 0 Å². The predicted octanol–water partition coefficient (Wildman–Crippen LogP) is -0.676. The third-order valence-electron chi connectivity index (χ3n) is 0. The van der Waals surface area contributed by atoms with Crippen molar-refractivity contribution in [1.82, 2.24) is 0 Å². The summed E-state index contributed by atoms with van der Waals surface area (Å²) in [7, 11) is 0. The Labute approximate surface area is 69.1 Å². The van der Waals surface area contributed by atoms with E-state index in [9.17, 15) is 0 Å². The minimum atomic E-state index is -1.83. The fraction of sp³-hybridized carbons (Fsp3) is 0. The van der Waals surface area contributed by atoms with E-state index in [-0.39, 0.29) is 37.7 Å². The van der Waals surface area contributed by atoms with Crippen LogP contribution in [0, 0.1) is 0 Å². The fourth-order valence-corrected chi connectivity index (χ4v) is 0. The molecule has 0 saturated carbocycles. The van der Waals surface area contributed by atoms with E-state index in [1.807, 2.05) is 0 Å². The molecule has 0 rings (SSSR count). The quantitative estimate of drug-likeness (QED) is 0.202. The third kappa shape index (κ3) is 631. The topological polar surface area (TPSA) is 98.0 Å². The van der Waals surface area contributed by atoms with Crippen molar-refractivity contribution in [2.75, 3.05) is 0 Å². The number of rotatable bonds is 0. The van der Waals surface area contributed by atoms with Gasteiger partial charge >= 0.3 is 43.9 Å². The van der Waals surface area contributed by atoms with Crippen LogP contribution in [0.5, 0.6) is 0 Å². The van der Waals surface area contributed by atoms with E-state index in [2.05, 4.69) is 0 Å². The predicted molar refractivity (Wildman–Crippen MR) is 24.5 cm³/mol. The monoisotopic (exact) mass is 138 g/mol. The Balaban J connectivity index is -0.0000000480. The Hall–Kier alpha value is 0.450. The van der Waals surface area contributed by atoms with Gasteiger partial charge in [0, 0.05) is 0 Å². The fourth-order valence-electron chi connectivity index (χ4n) is 0. The van der Waals surface area contributed by atoms with Gasteiger partial charge in [0.05, 0.1) is 0 Å². The van der Waals surface area contributed by atoms with E-state index >= 15 is 0 Å². The van der Waals surface area contributed by atoms with Gasteiger partial charge in [-0.1, -0.05) is 0 Å². The molecule has 0 aromatic rings. The van der Waals surface area contributed by atoms with Crippen molar-refractivity contribution < 1.29 is 25.5 Å². The van der Waals surface area contributed by atoms with Crippen LogP contribution >= 0.6 is 0 Å². The first-order chi connectivity index (χ1) is 2.73. The minimum absolute atomic E-state index is 0. The first-order valence-electron chi connectivity index (χ1n) is 0.851. The summed E-state index contributed by atoms with van der Waals surface area (Å²) in [5, 5.41) is 25.9. The van der Waals surface area contributed by atoms with Crippen LogP contribution in [-0.4, -0.2) is 64.6 Å². The Kier molecular flexibility index (Phi) is 36.0. The SMILES string of the molecule is O=C(O)O.OO.[CaH2]. The van der Waals surface area contributed by atoms with Gasteiger partial charge in [0.1, 0.15) is 0 Å². The Morgan fingerprint density at radius 1 is 1.14 bits per heavy atom. The molecule has 5 nitrogen and oxygen atoms in total. The number of carbonyl (C=O) groups is 1. The molecule has 7 heavy (non-hydrogen) atoms. The second kappa shape index (κ2) is 16.1. The standard InChI is InChI=1S/CH2O3.Ca.H2O2.2H/c2-1(3)4;;1-2;;/h(H2,2,3,4);;1-2H;;. The van der Waals surface area contributed by atoms with Crippen LogP contribution < -0.4 is 0 Å². The second-order valence-corrected chi connectivity index (χ2v) is 0.283. The van der Waals surface area contributed by atoms with Crippen molar-refractivity contribution in [3.63, 3.8) is 0 Å². The average molecular weight is 138 g/mol. The van der Waals surface area contributed by atoms with Crippen LogP contribution in [0.1, 0.15) is 0 Å². The number of carboxylic acid groups (broad SMARTS) is 2. The molecule has 0 atom stereocenters. The molecule has 0 aliphatic heterocycles. The maximum absolute atomic E-state index is 8.56. The summed E-state index contributed by atoms with van der Waals surface area (Å²) >= 11 is 0. The van der Waals surface area contributed by atoms with Crippen molar-refractivity contribution >= 4 is 43.9 Å². The van der Waals surface area contributed by atoms with Gasteiger partial charge in [0.25, 0.3) is 0 Å². The van der Waals surface area contributed by atoms with Gasteiger partial charge in [-0.3, -0.25) is 10.5 Å². The molecular formula is CH6CaO5. The van der Waals surface area contributed by atoms with Gasteiger partial charge in [0.15, 0.2) is 0 Å². The molecule has 0 bridgehead atoms. The van der Waals surface area contributed by atoms with Crippen molar-refractivity contribution in [3.05, 3.63) is 0 Å². The van der Waals surface area contributed by atoms with E-state index in [4.69, 9.17) is 25.5 Å². The van der Waals surface area contributed by atoms with Gasteiger partial charge in [-0.15, -0.1) is 0 Å². The first kappa shape index (κ1) is 15.7. The molecular weight excluding hydrogens is 132 g/mol. The molecule has 0 aliphatic rings. The zero-order chi connectivity index (χ0) is 5.58. The molecule has 0 aliphatic carbocycles. The summed E-state index contributed by atoms with van der Waals surface area (Å²) in [6.07, 6.45) is -1.83. The number of hydrogen-bond donors (Lipinski definition) is 4. The molecule has 42 valence electrons. The van der Waals surface area contributed by atoms with Crippen LogP contribution in [-0.2, 0) is 0 Å². The third-order valence-corrected chi connectivity index (χ3v) is 0. The number of hydrogen-bond acceptors (Lipinski definition) is 3. The van der Waals surface area contributed by atoms with E-state index in [0.29, 0.717) is 0 Å². The van der Waals surface area contributed by atoms with E-state index < -0.39 is 6.16 Å². The van der Waals surface area contributed by atoms with Gasteiger partial charge in [-0.05, 0) is 0 Å². The summed E-state index contributed by atoms with van der Waals surface area (Å²) in [6.45, 7) is 0. The molecule has 6 heteroatoms. The second-order valence-electron chi connectivity index (χ2n) is 0.283. The van der Waals surface area contributed by atoms with Crippen molar-refractivity contribution in [2.45, 2.75) is 0 Å². The molecule has 4 N–H and O–H groups in total.